The Kier molecular flexibility index (Phi) is 5.99. The number of rotatable bonds is 5. The van der Waals surface area contributed by atoms with Crippen LogP contribution < -0.4 is 5.32 Å². The van der Waals surface area contributed by atoms with Gasteiger partial charge in [0, 0.05) is 28.3 Å². The average Bonchev–Trinajstić information content (AvgIpc) is 3.25. The fourth-order valence-corrected chi connectivity index (χ4v) is 7.75. The second kappa shape index (κ2) is 8.74. The Bertz CT molecular complexity index is 1290. The van der Waals surface area contributed by atoms with E-state index in [2.05, 4.69) is 51.2 Å². The molecule has 0 spiro atoms. The van der Waals surface area contributed by atoms with Crippen LogP contribution >= 0.6 is 11.3 Å². The molecule has 4 nitrogen and oxygen atoms in total. The van der Waals surface area contributed by atoms with Gasteiger partial charge in [0.25, 0.3) is 0 Å². The van der Waals surface area contributed by atoms with Crippen LogP contribution in [0.2, 0.25) is 0 Å². The largest absolute Gasteiger partial charge is 0.469 e. The molecule has 0 radical (unpaired) electrons. The smallest absolute Gasteiger partial charge is 0.312 e. The number of nitrogens with zero attached hydrogens (tertiary/aromatic N) is 1. The Morgan fingerprint density at radius 2 is 2.03 bits per heavy atom. The van der Waals surface area contributed by atoms with Crippen LogP contribution in [-0.4, -0.2) is 18.1 Å². The van der Waals surface area contributed by atoms with E-state index in [0.29, 0.717) is 12.5 Å². The molecule has 1 saturated carbocycles. The van der Waals surface area contributed by atoms with Gasteiger partial charge in [-0.1, -0.05) is 51.5 Å². The molecule has 3 aromatic rings. The van der Waals surface area contributed by atoms with Crippen molar-refractivity contribution in [2.45, 2.75) is 70.8 Å². The van der Waals surface area contributed by atoms with Crippen molar-refractivity contribution in [2.24, 2.45) is 5.41 Å². The Morgan fingerprint density at radius 1 is 1.23 bits per heavy atom. The monoisotopic (exact) mass is 492 g/mol. The lowest BCUT2D eigenvalue weighted by Crippen LogP contribution is -2.50. The fourth-order valence-electron chi connectivity index (χ4n) is 6.37. The summed E-state index contributed by atoms with van der Waals surface area (Å²) in [5.41, 5.74) is 4.75. The highest BCUT2D eigenvalue weighted by Crippen LogP contribution is 2.64. The summed E-state index contributed by atoms with van der Waals surface area (Å²) in [6.45, 7) is 9.28. The van der Waals surface area contributed by atoms with Gasteiger partial charge in [-0.2, -0.15) is 0 Å². The molecule has 0 saturated heterocycles. The number of ether oxygens (including phenoxy) is 1. The Balaban J connectivity index is 1.65. The first-order valence-electron chi connectivity index (χ1n) is 12.4. The number of esters is 1. The SMILES string of the molecule is COC(=O)[C@]1(C)CCC[C@]2(C)c3ccc(C(C)C)cc3-c3nc(NCc4cccc(F)c4)sc3C12. The van der Waals surface area contributed by atoms with Crippen molar-refractivity contribution in [1.29, 1.82) is 0 Å². The van der Waals surface area contributed by atoms with E-state index in [1.807, 2.05) is 6.07 Å². The van der Waals surface area contributed by atoms with Gasteiger partial charge in [-0.05, 0) is 60.6 Å². The first-order chi connectivity index (χ1) is 16.7. The van der Waals surface area contributed by atoms with Crippen molar-refractivity contribution in [3.63, 3.8) is 0 Å². The number of benzene rings is 2. The van der Waals surface area contributed by atoms with Crippen LogP contribution in [0.4, 0.5) is 9.52 Å². The van der Waals surface area contributed by atoms with Gasteiger partial charge in [0.2, 0.25) is 0 Å². The quantitative estimate of drug-likeness (QED) is 0.377. The predicted octanol–water partition coefficient (Wildman–Crippen LogP) is 7.40. The molecule has 1 aromatic heterocycles. The van der Waals surface area contributed by atoms with Gasteiger partial charge < -0.3 is 10.1 Å². The van der Waals surface area contributed by atoms with E-state index in [1.54, 1.807) is 17.4 Å². The van der Waals surface area contributed by atoms with E-state index in [0.717, 1.165) is 40.5 Å². The molecule has 1 fully saturated rings. The molecule has 5 rings (SSSR count). The zero-order valence-corrected chi connectivity index (χ0v) is 21.9. The lowest BCUT2D eigenvalue weighted by molar-refractivity contribution is -0.157. The summed E-state index contributed by atoms with van der Waals surface area (Å²) in [4.78, 5) is 19.4. The number of fused-ring (bicyclic) bond motifs is 6. The van der Waals surface area contributed by atoms with Gasteiger partial charge in [-0.15, -0.1) is 11.3 Å². The minimum Gasteiger partial charge on any atom is -0.469 e. The van der Waals surface area contributed by atoms with E-state index in [9.17, 15) is 9.18 Å². The number of hydrogen-bond acceptors (Lipinski definition) is 5. The van der Waals surface area contributed by atoms with Crippen molar-refractivity contribution >= 4 is 22.4 Å². The standard InChI is InChI=1S/C29H33FN2O2S/c1-17(2)19-10-11-22-21(15-19)23-24(25-28(22,3)12-7-13-29(25,4)26(33)34-5)35-27(32-23)31-16-18-8-6-9-20(30)14-18/h6,8-11,14-15,17,25H,7,12-13,16H2,1-5H3,(H,31,32)/t25?,28-,29-/m1/s1. The molecule has 1 unspecified atom stereocenters. The molecule has 0 bridgehead atoms. The number of hydrogen-bond donors (Lipinski definition) is 1. The highest BCUT2D eigenvalue weighted by atomic mass is 32.1. The van der Waals surface area contributed by atoms with Gasteiger partial charge in [0.15, 0.2) is 5.13 Å². The van der Waals surface area contributed by atoms with E-state index in [-0.39, 0.29) is 23.1 Å². The number of nitrogens with one attached hydrogen (secondary N) is 1. The first kappa shape index (κ1) is 24.0. The number of anilines is 1. The topological polar surface area (TPSA) is 51.2 Å². The normalized spacial score (nSPS) is 24.9. The number of halogens is 1. The molecular weight excluding hydrogens is 459 g/mol. The van der Waals surface area contributed by atoms with Gasteiger partial charge in [0.1, 0.15) is 5.82 Å². The summed E-state index contributed by atoms with van der Waals surface area (Å²) < 4.78 is 19.0. The molecule has 184 valence electrons. The van der Waals surface area contributed by atoms with Crippen LogP contribution in [0.3, 0.4) is 0 Å². The molecule has 2 aliphatic rings. The second-order valence-corrected chi connectivity index (χ2v) is 11.8. The first-order valence-corrected chi connectivity index (χ1v) is 13.2. The Morgan fingerprint density at radius 3 is 2.74 bits per heavy atom. The van der Waals surface area contributed by atoms with Crippen LogP contribution in [0.1, 0.15) is 80.4 Å². The molecule has 2 aliphatic carbocycles. The molecule has 3 atom stereocenters. The lowest BCUT2D eigenvalue weighted by Gasteiger charge is -2.53. The molecule has 2 aromatic carbocycles. The van der Waals surface area contributed by atoms with Crippen molar-refractivity contribution < 1.29 is 13.9 Å². The van der Waals surface area contributed by atoms with E-state index >= 15 is 0 Å². The molecule has 0 amide bonds. The third-order valence-corrected chi connectivity index (χ3v) is 9.23. The third kappa shape index (κ3) is 3.86. The van der Waals surface area contributed by atoms with Crippen LogP contribution in [0.5, 0.6) is 0 Å². The molecule has 35 heavy (non-hydrogen) atoms. The number of thiazole rings is 1. The van der Waals surface area contributed by atoms with Gasteiger partial charge >= 0.3 is 5.97 Å². The van der Waals surface area contributed by atoms with Crippen molar-refractivity contribution in [1.82, 2.24) is 4.98 Å². The van der Waals surface area contributed by atoms with Crippen molar-refractivity contribution in [3.05, 3.63) is 69.8 Å². The van der Waals surface area contributed by atoms with Gasteiger partial charge in [0.05, 0.1) is 18.2 Å². The number of carbonyl (C=O) groups excluding carboxylic acids is 1. The summed E-state index contributed by atoms with van der Waals surface area (Å²) in [7, 11) is 1.49. The maximum atomic E-state index is 13.7. The van der Waals surface area contributed by atoms with Crippen LogP contribution in [0, 0.1) is 11.2 Å². The summed E-state index contributed by atoms with van der Waals surface area (Å²) in [6.07, 6.45) is 2.78. The Hall–Kier alpha value is -2.73. The summed E-state index contributed by atoms with van der Waals surface area (Å²) >= 11 is 1.63. The summed E-state index contributed by atoms with van der Waals surface area (Å²) in [5.74, 6) is -0.00927. The lowest BCUT2D eigenvalue weighted by atomic mass is 9.50. The van der Waals surface area contributed by atoms with E-state index in [1.165, 1.54) is 35.9 Å². The maximum Gasteiger partial charge on any atom is 0.312 e. The minimum atomic E-state index is -0.628. The van der Waals surface area contributed by atoms with Gasteiger partial charge in [-0.3, -0.25) is 4.79 Å². The highest BCUT2D eigenvalue weighted by Gasteiger charge is 2.58. The molecule has 1 N–H and O–H groups in total. The second-order valence-electron chi connectivity index (χ2n) is 10.8. The highest BCUT2D eigenvalue weighted by molar-refractivity contribution is 7.16. The Labute approximate surface area is 210 Å². The zero-order chi connectivity index (χ0) is 25.0. The number of methoxy groups -OCH3 is 1. The van der Waals surface area contributed by atoms with Crippen LogP contribution in [0.15, 0.2) is 42.5 Å². The average molecular weight is 493 g/mol. The molecule has 6 heteroatoms. The van der Waals surface area contributed by atoms with Crippen molar-refractivity contribution in [3.8, 4) is 11.3 Å². The maximum absolute atomic E-state index is 13.7. The molecular formula is C29H33FN2O2S. The summed E-state index contributed by atoms with van der Waals surface area (Å²) in [6, 6.07) is 13.4. The number of aromatic nitrogens is 1. The van der Waals surface area contributed by atoms with Crippen LogP contribution in [0.25, 0.3) is 11.3 Å². The van der Waals surface area contributed by atoms with Gasteiger partial charge in [-0.25, -0.2) is 9.37 Å². The van der Waals surface area contributed by atoms with E-state index in [4.69, 9.17) is 9.72 Å². The molecule has 0 aliphatic heterocycles. The zero-order valence-electron chi connectivity index (χ0n) is 21.1. The number of carbonyl (C=O) groups is 1. The predicted molar refractivity (Wildman–Crippen MR) is 139 cm³/mol. The third-order valence-electron chi connectivity index (χ3n) is 8.15. The summed E-state index contributed by atoms with van der Waals surface area (Å²) in [5, 5.41) is 4.21. The van der Waals surface area contributed by atoms with Crippen LogP contribution in [-0.2, 0) is 21.5 Å². The van der Waals surface area contributed by atoms with Crippen molar-refractivity contribution in [2.75, 3.05) is 12.4 Å². The fraction of sp³-hybridized carbons (Fsp3) is 0.448. The van der Waals surface area contributed by atoms with E-state index < -0.39 is 5.41 Å². The molecule has 1 heterocycles. The minimum absolute atomic E-state index is 0.0224.